The zero-order chi connectivity index (χ0) is 10.3. The predicted molar refractivity (Wildman–Crippen MR) is 64.4 cm³/mol. The van der Waals surface area contributed by atoms with Crippen LogP contribution in [0.1, 0.15) is 43.2 Å². The van der Waals surface area contributed by atoms with Crippen LogP contribution in [0.4, 0.5) is 5.69 Å². The molecule has 2 aliphatic rings. The normalized spacial score (nSPS) is 22.5. The SMILES string of the molecule is Cc1ccc2c(c1)NCC21CCCCC1. The van der Waals surface area contributed by atoms with Crippen molar-refractivity contribution in [1.29, 1.82) is 0 Å². The molecule has 0 atom stereocenters. The van der Waals surface area contributed by atoms with Crippen LogP contribution in [0.3, 0.4) is 0 Å². The molecular formula is C14H19N. The summed E-state index contributed by atoms with van der Waals surface area (Å²) in [7, 11) is 0. The molecule has 1 heterocycles. The van der Waals surface area contributed by atoms with Crippen LogP contribution >= 0.6 is 0 Å². The lowest BCUT2D eigenvalue weighted by atomic mass is 9.71. The summed E-state index contributed by atoms with van der Waals surface area (Å²) in [6.07, 6.45) is 7.03. The maximum atomic E-state index is 3.60. The zero-order valence-electron chi connectivity index (χ0n) is 9.47. The number of aryl methyl sites for hydroxylation is 1. The Morgan fingerprint density at radius 3 is 2.73 bits per heavy atom. The van der Waals surface area contributed by atoms with E-state index in [1.54, 1.807) is 5.56 Å². The molecule has 80 valence electrons. The van der Waals surface area contributed by atoms with Crippen LogP contribution in [0.5, 0.6) is 0 Å². The number of benzene rings is 1. The summed E-state index contributed by atoms with van der Waals surface area (Å²) in [5.74, 6) is 0. The molecule has 0 saturated heterocycles. The Bertz CT molecular complexity index is 375. The van der Waals surface area contributed by atoms with Crippen molar-refractivity contribution in [2.24, 2.45) is 0 Å². The van der Waals surface area contributed by atoms with Gasteiger partial charge in [0.05, 0.1) is 0 Å². The minimum atomic E-state index is 0.487. The number of anilines is 1. The Hall–Kier alpha value is -0.980. The van der Waals surface area contributed by atoms with Gasteiger partial charge in [-0.15, -0.1) is 0 Å². The molecule has 0 unspecified atom stereocenters. The van der Waals surface area contributed by atoms with Gasteiger partial charge in [-0.25, -0.2) is 0 Å². The Morgan fingerprint density at radius 1 is 1.13 bits per heavy atom. The molecule has 3 rings (SSSR count). The molecule has 0 radical (unpaired) electrons. The van der Waals surface area contributed by atoms with E-state index in [9.17, 15) is 0 Å². The molecule has 1 aliphatic carbocycles. The van der Waals surface area contributed by atoms with Crippen LogP contribution in [0, 0.1) is 6.92 Å². The van der Waals surface area contributed by atoms with Gasteiger partial charge in [0.2, 0.25) is 0 Å². The molecule has 0 aromatic heterocycles. The maximum Gasteiger partial charge on any atom is 0.0382 e. The number of hydrogen-bond donors (Lipinski definition) is 1. The van der Waals surface area contributed by atoms with E-state index in [1.165, 1.54) is 49.9 Å². The molecule has 1 aromatic carbocycles. The fourth-order valence-corrected chi connectivity index (χ4v) is 3.30. The summed E-state index contributed by atoms with van der Waals surface area (Å²) in [6, 6.07) is 6.93. The van der Waals surface area contributed by atoms with E-state index < -0.39 is 0 Å². The lowest BCUT2D eigenvalue weighted by molar-refractivity contribution is 0.319. The average Bonchev–Trinajstić information content (AvgIpc) is 2.58. The number of fused-ring (bicyclic) bond motifs is 2. The van der Waals surface area contributed by atoms with Gasteiger partial charge in [0.25, 0.3) is 0 Å². The molecule has 1 aromatic rings. The van der Waals surface area contributed by atoms with Crippen molar-refractivity contribution in [2.75, 3.05) is 11.9 Å². The minimum Gasteiger partial charge on any atom is -0.384 e. The Morgan fingerprint density at radius 2 is 1.93 bits per heavy atom. The Kier molecular flexibility index (Phi) is 2.01. The van der Waals surface area contributed by atoms with Gasteiger partial charge < -0.3 is 5.32 Å². The molecule has 15 heavy (non-hydrogen) atoms. The summed E-state index contributed by atoms with van der Waals surface area (Å²) in [6.45, 7) is 3.35. The van der Waals surface area contributed by atoms with Crippen molar-refractivity contribution in [3.63, 3.8) is 0 Å². The second-order valence-corrected chi connectivity index (χ2v) is 5.24. The van der Waals surface area contributed by atoms with Crippen molar-refractivity contribution in [3.8, 4) is 0 Å². The van der Waals surface area contributed by atoms with Crippen LogP contribution in [-0.4, -0.2) is 6.54 Å². The van der Waals surface area contributed by atoms with E-state index in [2.05, 4.69) is 30.4 Å². The maximum absolute atomic E-state index is 3.60. The molecular weight excluding hydrogens is 182 g/mol. The zero-order valence-corrected chi connectivity index (χ0v) is 9.47. The third-order valence-corrected chi connectivity index (χ3v) is 4.17. The molecule has 0 amide bonds. The van der Waals surface area contributed by atoms with Gasteiger partial charge in [0.15, 0.2) is 0 Å². The molecule has 0 bridgehead atoms. The van der Waals surface area contributed by atoms with E-state index in [-0.39, 0.29) is 0 Å². The van der Waals surface area contributed by atoms with Crippen LogP contribution in [-0.2, 0) is 5.41 Å². The highest BCUT2D eigenvalue weighted by Crippen LogP contribution is 2.46. The van der Waals surface area contributed by atoms with Gasteiger partial charge in [-0.2, -0.15) is 0 Å². The van der Waals surface area contributed by atoms with Gasteiger partial charge in [0, 0.05) is 17.6 Å². The topological polar surface area (TPSA) is 12.0 Å². The molecule has 1 fully saturated rings. The molecule has 1 spiro atoms. The van der Waals surface area contributed by atoms with E-state index >= 15 is 0 Å². The van der Waals surface area contributed by atoms with Crippen molar-refractivity contribution >= 4 is 5.69 Å². The number of rotatable bonds is 0. The smallest absolute Gasteiger partial charge is 0.0382 e. The highest BCUT2D eigenvalue weighted by molar-refractivity contribution is 5.61. The lowest BCUT2D eigenvalue weighted by Crippen LogP contribution is -2.30. The third kappa shape index (κ3) is 1.37. The standard InChI is InChI=1S/C14H19N/c1-11-5-6-12-13(9-11)15-10-14(12)7-3-2-4-8-14/h5-6,9,15H,2-4,7-8,10H2,1H3. The summed E-state index contributed by atoms with van der Waals surface area (Å²) < 4.78 is 0. The highest BCUT2D eigenvalue weighted by Gasteiger charge is 2.39. The van der Waals surface area contributed by atoms with Crippen molar-refractivity contribution in [3.05, 3.63) is 29.3 Å². The first-order valence-electron chi connectivity index (χ1n) is 6.15. The van der Waals surface area contributed by atoms with Crippen molar-refractivity contribution in [2.45, 2.75) is 44.4 Å². The minimum absolute atomic E-state index is 0.487. The van der Waals surface area contributed by atoms with Crippen molar-refractivity contribution < 1.29 is 0 Å². The third-order valence-electron chi connectivity index (χ3n) is 4.17. The molecule has 1 saturated carbocycles. The summed E-state index contributed by atoms with van der Waals surface area (Å²) in [5, 5.41) is 3.60. The second kappa shape index (κ2) is 3.26. The quantitative estimate of drug-likeness (QED) is 0.676. The van der Waals surface area contributed by atoms with Gasteiger partial charge in [0.1, 0.15) is 0 Å². The van der Waals surface area contributed by atoms with Gasteiger partial charge >= 0.3 is 0 Å². The fraction of sp³-hybridized carbons (Fsp3) is 0.571. The fourth-order valence-electron chi connectivity index (χ4n) is 3.30. The van der Waals surface area contributed by atoms with Crippen LogP contribution < -0.4 is 5.32 Å². The van der Waals surface area contributed by atoms with Gasteiger partial charge in [-0.1, -0.05) is 31.4 Å². The Labute approximate surface area is 91.9 Å². The lowest BCUT2D eigenvalue weighted by Gasteiger charge is -2.33. The van der Waals surface area contributed by atoms with Crippen molar-refractivity contribution in [1.82, 2.24) is 0 Å². The van der Waals surface area contributed by atoms with Gasteiger partial charge in [-0.3, -0.25) is 0 Å². The average molecular weight is 201 g/mol. The van der Waals surface area contributed by atoms with E-state index in [4.69, 9.17) is 0 Å². The van der Waals surface area contributed by atoms with E-state index in [0.717, 1.165) is 0 Å². The molecule has 1 aliphatic heterocycles. The van der Waals surface area contributed by atoms with Crippen LogP contribution in [0.15, 0.2) is 18.2 Å². The van der Waals surface area contributed by atoms with Crippen LogP contribution in [0.2, 0.25) is 0 Å². The van der Waals surface area contributed by atoms with E-state index in [1.807, 2.05) is 0 Å². The van der Waals surface area contributed by atoms with E-state index in [0.29, 0.717) is 5.41 Å². The largest absolute Gasteiger partial charge is 0.384 e. The molecule has 1 nitrogen and oxygen atoms in total. The highest BCUT2D eigenvalue weighted by atomic mass is 14.9. The molecule has 1 heteroatoms. The first-order chi connectivity index (χ1) is 7.30. The monoisotopic (exact) mass is 201 g/mol. The summed E-state index contributed by atoms with van der Waals surface area (Å²) in [5.41, 5.74) is 4.85. The molecule has 1 N–H and O–H groups in total. The first-order valence-corrected chi connectivity index (χ1v) is 6.15. The number of nitrogens with one attached hydrogen (secondary N) is 1. The predicted octanol–water partition coefficient (Wildman–Crippen LogP) is 3.62. The van der Waals surface area contributed by atoms with Crippen LogP contribution in [0.25, 0.3) is 0 Å². The summed E-state index contributed by atoms with van der Waals surface area (Å²) >= 11 is 0. The number of hydrogen-bond acceptors (Lipinski definition) is 1. The Balaban J connectivity index is 2.03. The van der Waals surface area contributed by atoms with Gasteiger partial charge in [-0.05, 0) is 37.0 Å². The first kappa shape index (κ1) is 9.26. The second-order valence-electron chi connectivity index (χ2n) is 5.24. The summed E-state index contributed by atoms with van der Waals surface area (Å²) in [4.78, 5) is 0.